The molecule has 1 aliphatic rings. The fourth-order valence-electron chi connectivity index (χ4n) is 2.90. The Balaban J connectivity index is 1.38. The number of benzene rings is 2. The standard InChI is InChI=1S/C21H19N3O2S3/c1-13-17(29-20(22-13)15-5-3-2-4-6-15)19(26)24-23-18(25)14-7-9-16(10-8-14)21-27-11-12-28-21/h2-10,21H,11-12H2,1H3,(H,23,25)(H,24,26). The number of hydrogen-bond donors (Lipinski definition) is 2. The summed E-state index contributed by atoms with van der Waals surface area (Å²) in [6.45, 7) is 1.79. The molecule has 0 atom stereocenters. The van der Waals surface area contributed by atoms with Crippen LogP contribution in [-0.2, 0) is 0 Å². The van der Waals surface area contributed by atoms with E-state index in [1.165, 1.54) is 16.9 Å². The molecular formula is C21H19N3O2S3. The molecule has 8 heteroatoms. The van der Waals surface area contributed by atoms with Gasteiger partial charge in [-0.05, 0) is 24.6 Å². The molecule has 1 aliphatic heterocycles. The zero-order valence-corrected chi connectivity index (χ0v) is 18.1. The molecule has 1 saturated heterocycles. The molecule has 3 aromatic rings. The normalized spacial score (nSPS) is 14.0. The molecule has 0 radical (unpaired) electrons. The number of carbonyl (C=O) groups excluding carboxylic acids is 2. The Morgan fingerprint density at radius 1 is 0.931 bits per heavy atom. The number of thioether (sulfide) groups is 2. The van der Waals surface area contributed by atoms with Gasteiger partial charge in [-0.3, -0.25) is 20.4 Å². The number of nitrogens with one attached hydrogen (secondary N) is 2. The molecule has 0 saturated carbocycles. The van der Waals surface area contributed by atoms with Crippen molar-refractivity contribution >= 4 is 46.7 Å². The van der Waals surface area contributed by atoms with Crippen LogP contribution in [0.3, 0.4) is 0 Å². The maximum atomic E-state index is 12.5. The number of thiazole rings is 1. The van der Waals surface area contributed by atoms with Gasteiger partial charge < -0.3 is 0 Å². The van der Waals surface area contributed by atoms with Crippen LogP contribution < -0.4 is 10.9 Å². The highest BCUT2D eigenvalue weighted by molar-refractivity contribution is 8.19. The van der Waals surface area contributed by atoms with E-state index < -0.39 is 0 Å². The maximum Gasteiger partial charge on any atom is 0.281 e. The average Bonchev–Trinajstić information content (AvgIpc) is 3.43. The van der Waals surface area contributed by atoms with Crippen LogP contribution in [0.5, 0.6) is 0 Å². The Morgan fingerprint density at radius 2 is 1.59 bits per heavy atom. The van der Waals surface area contributed by atoms with Crippen LogP contribution in [0.15, 0.2) is 54.6 Å². The van der Waals surface area contributed by atoms with Crippen LogP contribution in [0.2, 0.25) is 0 Å². The van der Waals surface area contributed by atoms with E-state index in [0.717, 1.165) is 22.1 Å². The first-order valence-electron chi connectivity index (χ1n) is 9.08. The van der Waals surface area contributed by atoms with Crippen molar-refractivity contribution < 1.29 is 9.59 Å². The van der Waals surface area contributed by atoms with Gasteiger partial charge in [0.25, 0.3) is 11.8 Å². The lowest BCUT2D eigenvalue weighted by Crippen LogP contribution is -2.41. The van der Waals surface area contributed by atoms with E-state index in [4.69, 9.17) is 0 Å². The number of hydrogen-bond acceptors (Lipinski definition) is 6. The second-order valence-corrected chi connectivity index (χ2v) is 10.1. The fourth-order valence-corrected chi connectivity index (χ4v) is 6.72. The first-order chi connectivity index (χ1) is 14.1. The summed E-state index contributed by atoms with van der Waals surface area (Å²) in [6.07, 6.45) is 0. The Morgan fingerprint density at radius 3 is 2.28 bits per heavy atom. The molecule has 0 aliphatic carbocycles. The smallest absolute Gasteiger partial charge is 0.267 e. The summed E-state index contributed by atoms with van der Waals surface area (Å²) >= 11 is 5.15. The summed E-state index contributed by atoms with van der Waals surface area (Å²) in [7, 11) is 0. The quantitative estimate of drug-likeness (QED) is 0.576. The molecule has 4 rings (SSSR count). The number of aromatic nitrogens is 1. The summed E-state index contributed by atoms with van der Waals surface area (Å²) in [5.41, 5.74) is 8.31. The topological polar surface area (TPSA) is 71.1 Å². The largest absolute Gasteiger partial charge is 0.281 e. The van der Waals surface area contributed by atoms with E-state index in [2.05, 4.69) is 15.8 Å². The molecule has 2 amide bonds. The Bertz CT molecular complexity index is 1010. The molecule has 2 N–H and O–H groups in total. The molecule has 0 unspecified atom stereocenters. The zero-order valence-electron chi connectivity index (χ0n) is 15.7. The van der Waals surface area contributed by atoms with Crippen LogP contribution in [0.25, 0.3) is 10.6 Å². The highest BCUT2D eigenvalue weighted by atomic mass is 32.2. The van der Waals surface area contributed by atoms with Crippen molar-refractivity contribution in [3.8, 4) is 10.6 Å². The van der Waals surface area contributed by atoms with Gasteiger partial charge in [-0.25, -0.2) is 4.98 Å². The Hall–Kier alpha value is -2.29. The Labute approximate surface area is 181 Å². The van der Waals surface area contributed by atoms with Crippen LogP contribution in [0.1, 0.15) is 35.9 Å². The molecule has 29 heavy (non-hydrogen) atoms. The predicted molar refractivity (Wildman–Crippen MR) is 121 cm³/mol. The maximum absolute atomic E-state index is 12.5. The molecule has 5 nitrogen and oxygen atoms in total. The second kappa shape index (κ2) is 9.02. The van der Waals surface area contributed by atoms with Gasteiger partial charge in [0, 0.05) is 22.6 Å². The summed E-state index contributed by atoms with van der Waals surface area (Å²) in [5, 5.41) is 0.776. The van der Waals surface area contributed by atoms with Crippen molar-refractivity contribution in [3.63, 3.8) is 0 Å². The summed E-state index contributed by atoms with van der Waals surface area (Å²) in [5.74, 6) is 1.60. The van der Waals surface area contributed by atoms with Crippen LogP contribution in [0.4, 0.5) is 0 Å². The van der Waals surface area contributed by atoms with Gasteiger partial charge in [-0.1, -0.05) is 42.5 Å². The molecule has 0 spiro atoms. The number of carbonyl (C=O) groups is 2. The van der Waals surface area contributed by atoms with E-state index >= 15 is 0 Å². The van der Waals surface area contributed by atoms with E-state index in [0.29, 0.717) is 20.7 Å². The van der Waals surface area contributed by atoms with Crippen LogP contribution >= 0.6 is 34.9 Å². The van der Waals surface area contributed by atoms with Gasteiger partial charge in [-0.15, -0.1) is 34.9 Å². The van der Waals surface area contributed by atoms with Crippen molar-refractivity contribution in [3.05, 3.63) is 76.3 Å². The lowest BCUT2D eigenvalue weighted by molar-refractivity contribution is 0.0848. The molecular weight excluding hydrogens is 422 g/mol. The van der Waals surface area contributed by atoms with Gasteiger partial charge in [-0.2, -0.15) is 0 Å². The zero-order chi connectivity index (χ0) is 20.2. The van der Waals surface area contributed by atoms with Crippen LogP contribution in [0, 0.1) is 6.92 Å². The third-order valence-corrected chi connectivity index (χ3v) is 8.69. The minimum atomic E-state index is -0.370. The summed E-state index contributed by atoms with van der Waals surface area (Å²) in [6, 6.07) is 17.2. The molecule has 2 aromatic carbocycles. The van der Waals surface area contributed by atoms with Crippen molar-refractivity contribution in [2.75, 3.05) is 11.5 Å². The molecule has 2 heterocycles. The second-order valence-electron chi connectivity index (χ2n) is 6.40. The van der Waals surface area contributed by atoms with Gasteiger partial charge in [0.15, 0.2) is 0 Å². The monoisotopic (exact) mass is 441 g/mol. The van der Waals surface area contributed by atoms with Crippen molar-refractivity contribution in [1.29, 1.82) is 0 Å². The van der Waals surface area contributed by atoms with Gasteiger partial charge >= 0.3 is 0 Å². The van der Waals surface area contributed by atoms with Gasteiger partial charge in [0.05, 0.1) is 10.3 Å². The van der Waals surface area contributed by atoms with Crippen LogP contribution in [-0.4, -0.2) is 28.3 Å². The SMILES string of the molecule is Cc1nc(-c2ccccc2)sc1C(=O)NNC(=O)c1ccc(C2SCCS2)cc1. The number of aryl methyl sites for hydroxylation is 1. The van der Waals surface area contributed by atoms with E-state index in [1.807, 2.05) is 66.0 Å². The Kier molecular flexibility index (Phi) is 6.22. The average molecular weight is 442 g/mol. The van der Waals surface area contributed by atoms with Crippen molar-refractivity contribution in [2.24, 2.45) is 0 Å². The van der Waals surface area contributed by atoms with Gasteiger partial charge in [0.2, 0.25) is 0 Å². The minimum Gasteiger partial charge on any atom is -0.267 e. The lowest BCUT2D eigenvalue weighted by Gasteiger charge is -2.10. The minimum absolute atomic E-state index is 0.345. The van der Waals surface area contributed by atoms with Gasteiger partial charge in [0.1, 0.15) is 9.88 Å². The van der Waals surface area contributed by atoms with Crippen molar-refractivity contribution in [2.45, 2.75) is 11.5 Å². The highest BCUT2D eigenvalue weighted by Crippen LogP contribution is 2.45. The molecule has 1 fully saturated rings. The molecule has 0 bridgehead atoms. The third kappa shape index (κ3) is 4.66. The third-order valence-electron chi connectivity index (χ3n) is 4.38. The number of amides is 2. The predicted octanol–water partition coefficient (Wildman–Crippen LogP) is 4.67. The van der Waals surface area contributed by atoms with E-state index in [-0.39, 0.29) is 11.8 Å². The number of nitrogens with zero attached hydrogens (tertiary/aromatic N) is 1. The first-order valence-corrected chi connectivity index (χ1v) is 12.0. The molecule has 1 aromatic heterocycles. The fraction of sp³-hybridized carbons (Fsp3) is 0.190. The summed E-state index contributed by atoms with van der Waals surface area (Å²) in [4.78, 5) is 29.8. The number of rotatable bonds is 4. The van der Waals surface area contributed by atoms with E-state index in [1.54, 1.807) is 19.1 Å². The summed E-state index contributed by atoms with van der Waals surface area (Å²) < 4.78 is 0.444. The lowest BCUT2D eigenvalue weighted by atomic mass is 10.1. The van der Waals surface area contributed by atoms with E-state index in [9.17, 15) is 9.59 Å². The number of hydrazine groups is 1. The molecule has 148 valence electrons. The van der Waals surface area contributed by atoms with Crippen molar-refractivity contribution in [1.82, 2.24) is 15.8 Å². The highest BCUT2D eigenvalue weighted by Gasteiger charge is 2.19. The first kappa shape index (κ1) is 20.0.